The minimum atomic E-state index is -1.54. The predicted molar refractivity (Wildman–Crippen MR) is 54.3 cm³/mol. The number of aliphatic hydroxyl groups excluding tert-OH is 4. The number of carbonyl (C=O) groups excluding carboxylic acids is 1. The van der Waals surface area contributed by atoms with Gasteiger partial charge in [-0.05, 0) is 0 Å². The molecule has 2 aliphatic rings. The van der Waals surface area contributed by atoms with Crippen LogP contribution in [0.25, 0.3) is 0 Å². The average Bonchev–Trinajstić information content (AvgIpc) is 2.83. The largest absolute Gasteiger partial charge is 0.388 e. The van der Waals surface area contributed by atoms with E-state index in [1.807, 2.05) is 0 Å². The van der Waals surface area contributed by atoms with E-state index in [0.717, 1.165) is 4.68 Å². The lowest BCUT2D eigenvalue weighted by atomic mass is 9.80. The average molecular weight is 256 g/mol. The summed E-state index contributed by atoms with van der Waals surface area (Å²) in [7, 11) is 0. The highest BCUT2D eigenvalue weighted by Gasteiger charge is 2.53. The fraction of sp³-hybridized carbons (Fsp3) is 0.667. The van der Waals surface area contributed by atoms with Crippen molar-refractivity contribution in [1.82, 2.24) is 20.3 Å². The van der Waals surface area contributed by atoms with Gasteiger partial charge in [0.25, 0.3) is 5.91 Å². The first kappa shape index (κ1) is 11.5. The number of fused-ring (bicyclic) bond motifs is 3. The molecule has 1 aliphatic heterocycles. The molecule has 0 unspecified atom stereocenters. The number of hydrogen-bond donors (Lipinski definition) is 5. The number of aliphatic hydroxyl groups is 4. The lowest BCUT2D eigenvalue weighted by Crippen LogP contribution is -2.68. The van der Waals surface area contributed by atoms with Gasteiger partial charge in [0, 0.05) is 0 Å². The second-order valence-electron chi connectivity index (χ2n) is 4.52. The maximum Gasteiger partial charge on any atom is 0.271 e. The van der Waals surface area contributed by atoms with Gasteiger partial charge in [0.05, 0.1) is 12.2 Å². The Morgan fingerprint density at radius 3 is 2.50 bits per heavy atom. The molecule has 1 aromatic heterocycles. The predicted octanol–water partition coefficient (Wildman–Crippen LogP) is -3.61. The molecule has 1 aromatic rings. The van der Waals surface area contributed by atoms with Gasteiger partial charge in [-0.3, -0.25) is 4.79 Å². The molecule has 1 fully saturated rings. The Morgan fingerprint density at radius 2 is 1.78 bits per heavy atom. The fourth-order valence-electron chi connectivity index (χ4n) is 2.55. The summed E-state index contributed by atoms with van der Waals surface area (Å²) in [5.41, 5.74) is 0.131. The monoisotopic (exact) mass is 256 g/mol. The van der Waals surface area contributed by atoms with Crippen molar-refractivity contribution >= 4 is 5.91 Å². The van der Waals surface area contributed by atoms with Crippen LogP contribution in [0.5, 0.6) is 0 Å². The second-order valence-corrected chi connectivity index (χ2v) is 4.52. The minimum Gasteiger partial charge on any atom is -0.388 e. The molecule has 5 N–H and O–H groups in total. The fourth-order valence-corrected chi connectivity index (χ4v) is 2.55. The topological polar surface area (TPSA) is 141 Å². The zero-order valence-corrected chi connectivity index (χ0v) is 9.08. The molecule has 1 saturated carbocycles. The van der Waals surface area contributed by atoms with Crippen LogP contribution in [0.15, 0.2) is 6.20 Å². The number of aromatic nitrogens is 3. The molecule has 9 nitrogen and oxygen atoms in total. The van der Waals surface area contributed by atoms with Gasteiger partial charge < -0.3 is 25.7 Å². The van der Waals surface area contributed by atoms with Crippen molar-refractivity contribution < 1.29 is 25.2 Å². The van der Waals surface area contributed by atoms with Crippen LogP contribution in [0.3, 0.4) is 0 Å². The van der Waals surface area contributed by atoms with Gasteiger partial charge in [-0.25, -0.2) is 4.68 Å². The van der Waals surface area contributed by atoms with Gasteiger partial charge in [-0.2, -0.15) is 0 Å². The third-order valence-electron chi connectivity index (χ3n) is 3.52. The first-order chi connectivity index (χ1) is 8.52. The summed E-state index contributed by atoms with van der Waals surface area (Å²) in [4.78, 5) is 11.7. The number of hydrogen-bond acceptors (Lipinski definition) is 7. The number of nitrogens with one attached hydrogen (secondary N) is 1. The molecule has 1 aliphatic carbocycles. The number of amides is 1. The molecule has 1 amide bonds. The van der Waals surface area contributed by atoms with E-state index in [1.54, 1.807) is 0 Å². The third-order valence-corrected chi connectivity index (χ3v) is 3.52. The summed E-state index contributed by atoms with van der Waals surface area (Å²) in [6.45, 7) is 0. The highest BCUT2D eigenvalue weighted by atomic mass is 16.4. The van der Waals surface area contributed by atoms with Crippen LogP contribution in [0.2, 0.25) is 0 Å². The van der Waals surface area contributed by atoms with E-state index < -0.39 is 42.4 Å². The maximum absolute atomic E-state index is 11.7. The summed E-state index contributed by atoms with van der Waals surface area (Å²) in [5, 5.41) is 48.7. The molecule has 0 bridgehead atoms. The second kappa shape index (κ2) is 3.72. The van der Waals surface area contributed by atoms with E-state index in [9.17, 15) is 25.2 Å². The van der Waals surface area contributed by atoms with E-state index in [0.29, 0.717) is 0 Å². The molecule has 0 spiro atoms. The SMILES string of the molecule is O=C1N[C@H]2[C@H](O)[C@H](O)[C@@H](O)[C@@H](O)[C@@H]2n2nncc21. The highest BCUT2D eigenvalue weighted by molar-refractivity contribution is 5.93. The summed E-state index contributed by atoms with van der Waals surface area (Å²) in [6.07, 6.45) is -4.59. The molecule has 9 heteroatoms. The van der Waals surface area contributed by atoms with Gasteiger partial charge in [-0.1, -0.05) is 5.21 Å². The summed E-state index contributed by atoms with van der Waals surface area (Å²) in [6, 6.07) is -1.80. The molecule has 3 rings (SSSR count). The molecule has 6 atom stereocenters. The molecule has 0 saturated heterocycles. The van der Waals surface area contributed by atoms with E-state index >= 15 is 0 Å². The molecule has 18 heavy (non-hydrogen) atoms. The lowest BCUT2D eigenvalue weighted by Gasteiger charge is -2.46. The Morgan fingerprint density at radius 1 is 1.11 bits per heavy atom. The van der Waals surface area contributed by atoms with E-state index in [4.69, 9.17) is 0 Å². The van der Waals surface area contributed by atoms with Gasteiger partial charge >= 0.3 is 0 Å². The first-order valence-electron chi connectivity index (χ1n) is 5.45. The quantitative estimate of drug-likeness (QED) is 0.323. The van der Waals surface area contributed by atoms with Gasteiger partial charge in [0.15, 0.2) is 0 Å². The van der Waals surface area contributed by atoms with Crippen LogP contribution >= 0.6 is 0 Å². The molecular formula is C9H12N4O5. The van der Waals surface area contributed by atoms with Gasteiger partial charge in [0.1, 0.15) is 36.2 Å². The molecule has 0 radical (unpaired) electrons. The highest BCUT2D eigenvalue weighted by Crippen LogP contribution is 2.33. The normalized spacial score (nSPS) is 43.0. The van der Waals surface area contributed by atoms with E-state index in [2.05, 4.69) is 15.6 Å². The number of rotatable bonds is 0. The van der Waals surface area contributed by atoms with Crippen LogP contribution in [-0.4, -0.2) is 71.8 Å². The maximum atomic E-state index is 11.7. The Bertz CT molecular complexity index is 491. The van der Waals surface area contributed by atoms with Gasteiger partial charge in [-0.15, -0.1) is 5.10 Å². The van der Waals surface area contributed by atoms with Crippen LogP contribution in [-0.2, 0) is 0 Å². The Hall–Kier alpha value is -1.55. The summed E-state index contributed by atoms with van der Waals surface area (Å²) < 4.78 is 1.16. The lowest BCUT2D eigenvalue weighted by molar-refractivity contribution is -0.168. The standard InChI is InChI=1S/C9H12N4O5/c14-5-3-4(6(15)8(17)7(5)16)13-2(1-10-12-13)9(18)11-3/h1,3-8,14-17H,(H,11,18)/t3-,4-,5+,6+,7+,8+/m1/s1. The number of nitrogens with zero attached hydrogens (tertiary/aromatic N) is 3. The van der Waals surface area contributed by atoms with E-state index in [1.165, 1.54) is 6.20 Å². The van der Waals surface area contributed by atoms with Crippen LogP contribution in [0.1, 0.15) is 16.5 Å². The van der Waals surface area contributed by atoms with Crippen molar-refractivity contribution in [2.75, 3.05) is 0 Å². The van der Waals surface area contributed by atoms with Crippen LogP contribution in [0.4, 0.5) is 0 Å². The minimum absolute atomic E-state index is 0.131. The summed E-state index contributed by atoms with van der Waals surface area (Å²) >= 11 is 0. The van der Waals surface area contributed by atoms with E-state index in [-0.39, 0.29) is 5.69 Å². The van der Waals surface area contributed by atoms with Crippen molar-refractivity contribution in [2.45, 2.75) is 36.5 Å². The zero-order valence-electron chi connectivity index (χ0n) is 9.08. The van der Waals surface area contributed by atoms with Gasteiger partial charge in [0.2, 0.25) is 0 Å². The smallest absolute Gasteiger partial charge is 0.271 e. The Kier molecular flexibility index (Phi) is 2.38. The van der Waals surface area contributed by atoms with Crippen LogP contribution < -0.4 is 5.32 Å². The van der Waals surface area contributed by atoms with Crippen LogP contribution in [0, 0.1) is 0 Å². The zero-order chi connectivity index (χ0) is 13.0. The Balaban J connectivity index is 2.08. The van der Waals surface area contributed by atoms with Crippen molar-refractivity contribution in [1.29, 1.82) is 0 Å². The first-order valence-corrected chi connectivity index (χ1v) is 5.45. The summed E-state index contributed by atoms with van der Waals surface area (Å²) in [5.74, 6) is -0.504. The van der Waals surface area contributed by atoms with Crippen molar-refractivity contribution in [2.24, 2.45) is 0 Å². The third kappa shape index (κ3) is 1.32. The van der Waals surface area contributed by atoms with Crippen molar-refractivity contribution in [3.63, 3.8) is 0 Å². The van der Waals surface area contributed by atoms with Crippen molar-refractivity contribution in [3.05, 3.63) is 11.9 Å². The molecular weight excluding hydrogens is 244 g/mol. The molecule has 2 heterocycles. The molecule has 98 valence electrons. The Labute approximate surface area is 101 Å². The molecule has 0 aromatic carbocycles. The number of carbonyl (C=O) groups is 1. The van der Waals surface area contributed by atoms with Crippen molar-refractivity contribution in [3.8, 4) is 0 Å².